The van der Waals surface area contributed by atoms with Crippen LogP contribution in [-0.4, -0.2) is 9.97 Å². The van der Waals surface area contributed by atoms with Crippen LogP contribution >= 0.6 is 0 Å². The van der Waals surface area contributed by atoms with Gasteiger partial charge in [0, 0.05) is 11.1 Å². The smallest absolute Gasteiger partial charge is 0.657 e. The van der Waals surface area contributed by atoms with Crippen molar-refractivity contribution in [2.24, 2.45) is 0 Å². The molecule has 0 unspecified atom stereocenters. The van der Waals surface area contributed by atoms with E-state index in [2.05, 4.69) is 140 Å². The van der Waals surface area contributed by atoms with E-state index in [1.54, 1.807) is 0 Å². The van der Waals surface area contributed by atoms with E-state index >= 15 is 0 Å². The van der Waals surface area contributed by atoms with Gasteiger partial charge in [0.05, 0.1) is 22.8 Å². The molecule has 0 amide bonds. The normalized spacial score (nSPS) is 12.4. The van der Waals surface area contributed by atoms with Crippen LogP contribution < -0.4 is 9.97 Å². The van der Waals surface area contributed by atoms with Crippen LogP contribution in [0.3, 0.4) is 0 Å². The SMILES string of the molecule is C1=Cc2nc1c(-c1ccccc1)c1nc3c(c4ccc([n-]4)c(-c4ccccc4)c4ccc([n-]4)c2-c2ccccc2)-c2ccccc2C3=C1.[Cu+2]. The fraction of sp³-hybridized carbons (Fsp3) is 0. The Morgan fingerprint density at radius 2 is 0.816 bits per heavy atom. The van der Waals surface area contributed by atoms with Crippen molar-refractivity contribution in [2.45, 2.75) is 0 Å². The van der Waals surface area contributed by atoms with E-state index in [1.165, 1.54) is 5.56 Å². The second-order valence-corrected chi connectivity index (χ2v) is 12.2. The van der Waals surface area contributed by atoms with E-state index in [0.29, 0.717) is 0 Å². The Bertz CT molecular complexity index is 2610. The van der Waals surface area contributed by atoms with Gasteiger partial charge in [-0.3, -0.25) is 0 Å². The molecule has 5 heterocycles. The summed E-state index contributed by atoms with van der Waals surface area (Å²) in [7, 11) is 0. The van der Waals surface area contributed by atoms with Crippen molar-refractivity contribution in [2.75, 3.05) is 0 Å². The van der Waals surface area contributed by atoms with Gasteiger partial charge in [-0.1, -0.05) is 140 Å². The minimum absolute atomic E-state index is 0. The molecule has 49 heavy (non-hydrogen) atoms. The van der Waals surface area contributed by atoms with Crippen molar-refractivity contribution in [3.05, 3.63) is 168 Å². The second-order valence-electron chi connectivity index (χ2n) is 12.2. The van der Waals surface area contributed by atoms with Gasteiger partial charge in [0.25, 0.3) is 0 Å². The van der Waals surface area contributed by atoms with Crippen LogP contribution in [0.4, 0.5) is 0 Å². The Morgan fingerprint density at radius 1 is 0.367 bits per heavy atom. The summed E-state index contributed by atoms with van der Waals surface area (Å²) in [6, 6.07) is 48.4. The van der Waals surface area contributed by atoms with Crippen LogP contribution in [0.5, 0.6) is 0 Å². The monoisotopic (exact) mass is 673 g/mol. The Morgan fingerprint density at radius 3 is 1.41 bits per heavy atom. The minimum atomic E-state index is 0. The largest absolute Gasteiger partial charge is 2.00 e. The molecule has 1 aliphatic carbocycles. The molecule has 0 saturated carbocycles. The zero-order chi connectivity index (χ0) is 31.6. The molecule has 0 atom stereocenters. The molecular weight excluding hydrogens is 648 g/mol. The van der Waals surface area contributed by atoms with E-state index in [4.69, 9.17) is 19.9 Å². The topological polar surface area (TPSA) is 54.0 Å². The third kappa shape index (κ3) is 4.67. The van der Waals surface area contributed by atoms with E-state index < -0.39 is 0 Å². The fourth-order valence-corrected chi connectivity index (χ4v) is 7.28. The maximum atomic E-state index is 5.41. The predicted molar refractivity (Wildman–Crippen MR) is 197 cm³/mol. The Hall–Kier alpha value is -6.00. The predicted octanol–water partition coefficient (Wildman–Crippen LogP) is 10.3. The van der Waals surface area contributed by atoms with E-state index in [1.807, 2.05) is 18.2 Å². The molecule has 0 fully saturated rings. The standard InChI is InChI=1S/C44H26N4.Cu/c1-4-12-27(13-5-1)40-33-20-21-34(45-33)41(28-14-6-2-7-15-28)36-24-25-38(47-36)43-31-19-11-10-18-30(31)32-26-39(48-44(32)43)42(29-16-8-3-9-17-29)37-23-22-35(40)46-37;/h1-26H;/q-2;+2. The summed E-state index contributed by atoms with van der Waals surface area (Å²) < 4.78 is 0. The molecule has 0 spiro atoms. The Kier molecular flexibility index (Phi) is 6.91. The van der Waals surface area contributed by atoms with Gasteiger partial charge in [0.1, 0.15) is 0 Å². The third-order valence-electron chi connectivity index (χ3n) is 9.39. The average molecular weight is 674 g/mol. The van der Waals surface area contributed by atoms with Gasteiger partial charge in [-0.2, -0.15) is 0 Å². The first-order valence-electron chi connectivity index (χ1n) is 16.2. The second kappa shape index (κ2) is 11.6. The first-order valence-corrected chi connectivity index (χ1v) is 16.2. The quantitative estimate of drug-likeness (QED) is 0.175. The van der Waals surface area contributed by atoms with Gasteiger partial charge in [-0.15, -0.1) is 22.1 Å². The molecule has 7 aromatic rings. The van der Waals surface area contributed by atoms with E-state index in [9.17, 15) is 0 Å². The number of aromatic nitrogens is 4. The van der Waals surface area contributed by atoms with Crippen molar-refractivity contribution >= 4 is 45.9 Å². The van der Waals surface area contributed by atoms with Gasteiger partial charge in [-0.05, 0) is 62.7 Å². The summed E-state index contributed by atoms with van der Waals surface area (Å²) in [5.41, 5.74) is 17.8. The summed E-state index contributed by atoms with van der Waals surface area (Å²) in [5.74, 6) is 0. The molecule has 10 rings (SSSR count). The molecule has 4 aromatic carbocycles. The first kappa shape index (κ1) is 29.2. The molecule has 233 valence electrons. The van der Waals surface area contributed by atoms with Crippen LogP contribution in [0.1, 0.15) is 28.3 Å². The first-order chi connectivity index (χ1) is 23.8. The summed E-state index contributed by atoms with van der Waals surface area (Å²) in [6.07, 6.45) is 6.46. The maximum absolute atomic E-state index is 5.41. The molecule has 1 radical (unpaired) electrons. The molecule has 3 aromatic heterocycles. The maximum Gasteiger partial charge on any atom is 2.00 e. The molecule has 5 heteroatoms. The van der Waals surface area contributed by atoms with Crippen LogP contribution in [0.2, 0.25) is 0 Å². The van der Waals surface area contributed by atoms with Crippen LogP contribution in [0, 0.1) is 0 Å². The van der Waals surface area contributed by atoms with Crippen LogP contribution in [0.15, 0.2) is 140 Å². The molecular formula is C44H26CuN4. The summed E-state index contributed by atoms with van der Waals surface area (Å²) >= 11 is 0. The van der Waals surface area contributed by atoms with Gasteiger partial charge in [-0.25, -0.2) is 9.97 Å². The summed E-state index contributed by atoms with van der Waals surface area (Å²) in [5, 5.41) is 0. The molecule has 3 aliphatic rings. The van der Waals surface area contributed by atoms with Gasteiger partial charge in [0.15, 0.2) is 0 Å². The number of nitrogens with zero attached hydrogens (tertiary/aromatic N) is 4. The van der Waals surface area contributed by atoms with Crippen molar-refractivity contribution in [3.8, 4) is 44.5 Å². The summed E-state index contributed by atoms with van der Waals surface area (Å²) in [4.78, 5) is 21.4. The molecule has 8 bridgehead atoms. The Balaban J connectivity index is 0.00000325. The number of hydrogen-bond donors (Lipinski definition) is 0. The van der Waals surface area contributed by atoms with Crippen molar-refractivity contribution < 1.29 is 17.1 Å². The zero-order valence-electron chi connectivity index (χ0n) is 26.1. The number of fused-ring (bicyclic) bond motifs is 11. The summed E-state index contributed by atoms with van der Waals surface area (Å²) in [6.45, 7) is 0. The number of benzene rings is 4. The molecule has 2 aliphatic heterocycles. The number of hydrogen-bond acceptors (Lipinski definition) is 2. The fourth-order valence-electron chi connectivity index (χ4n) is 7.28. The van der Waals surface area contributed by atoms with Crippen molar-refractivity contribution in [1.29, 1.82) is 0 Å². The van der Waals surface area contributed by atoms with Crippen molar-refractivity contribution in [3.63, 3.8) is 0 Å². The molecule has 0 N–H and O–H groups in total. The van der Waals surface area contributed by atoms with Crippen LogP contribution in [0.25, 0.3) is 90.4 Å². The van der Waals surface area contributed by atoms with Crippen LogP contribution in [-0.2, 0) is 17.1 Å². The molecule has 0 saturated heterocycles. The Labute approximate surface area is 294 Å². The van der Waals surface area contributed by atoms with Crippen molar-refractivity contribution in [1.82, 2.24) is 19.9 Å². The van der Waals surface area contributed by atoms with E-state index in [-0.39, 0.29) is 17.1 Å². The van der Waals surface area contributed by atoms with Gasteiger partial charge >= 0.3 is 17.1 Å². The third-order valence-corrected chi connectivity index (χ3v) is 9.39. The number of rotatable bonds is 3. The van der Waals surface area contributed by atoms with E-state index in [0.717, 1.165) is 94.9 Å². The van der Waals surface area contributed by atoms with Gasteiger partial charge in [0.2, 0.25) is 0 Å². The zero-order valence-corrected chi connectivity index (χ0v) is 27.0. The molecule has 4 nitrogen and oxygen atoms in total. The van der Waals surface area contributed by atoms with Gasteiger partial charge < -0.3 is 9.97 Å². The average Bonchev–Trinajstić information content (AvgIpc) is 3.98. The minimum Gasteiger partial charge on any atom is -0.657 e.